The molecule has 2 aromatic heterocycles. The summed E-state index contributed by atoms with van der Waals surface area (Å²) in [5.41, 5.74) is 7.06. The van der Waals surface area contributed by atoms with Gasteiger partial charge in [-0.05, 0) is 24.3 Å². The minimum atomic E-state index is -0.472. The Morgan fingerprint density at radius 3 is 2.50 bits per heavy atom. The number of likely N-dealkylation sites (tertiary alicyclic amines) is 1. The highest BCUT2D eigenvalue weighted by Crippen LogP contribution is 2.35. The molecule has 0 saturated carbocycles. The van der Waals surface area contributed by atoms with Crippen LogP contribution in [0.2, 0.25) is 0 Å². The van der Waals surface area contributed by atoms with Crippen molar-refractivity contribution in [1.29, 1.82) is 10.5 Å². The Morgan fingerprint density at radius 1 is 1.14 bits per heavy atom. The Kier molecular flexibility index (Phi) is 7.73. The molecule has 0 atom stereocenters. The third-order valence-electron chi connectivity index (χ3n) is 5.56. The lowest BCUT2D eigenvalue weighted by Gasteiger charge is -2.31. The van der Waals surface area contributed by atoms with E-state index in [1.807, 2.05) is 42.5 Å². The second-order valence-corrected chi connectivity index (χ2v) is 8.85. The van der Waals surface area contributed by atoms with Gasteiger partial charge in [-0.3, -0.25) is 4.79 Å². The first-order valence-electron chi connectivity index (χ1n) is 11.1. The molecular formula is C25H22N6O4S. The first-order valence-corrected chi connectivity index (χ1v) is 12.1. The smallest absolute Gasteiger partial charge is 0.321 e. The number of hydrogen-bond acceptors (Lipinski definition) is 9. The number of pyridine rings is 1. The van der Waals surface area contributed by atoms with Gasteiger partial charge in [-0.25, -0.2) is 9.78 Å². The molecule has 0 unspecified atom stereocenters. The number of anilines is 2. The van der Waals surface area contributed by atoms with E-state index in [1.165, 1.54) is 6.26 Å². The summed E-state index contributed by atoms with van der Waals surface area (Å²) in [5.74, 6) is -0.316. The Balaban J connectivity index is 1.33. The quantitative estimate of drug-likeness (QED) is 0.375. The fourth-order valence-electron chi connectivity index (χ4n) is 3.82. The van der Waals surface area contributed by atoms with E-state index in [0.29, 0.717) is 31.7 Å². The Labute approximate surface area is 211 Å². The molecule has 182 valence electrons. The van der Waals surface area contributed by atoms with Gasteiger partial charge in [0.2, 0.25) is 0 Å². The van der Waals surface area contributed by atoms with Crippen LogP contribution >= 0.6 is 11.8 Å². The second kappa shape index (κ2) is 11.3. The van der Waals surface area contributed by atoms with Crippen molar-refractivity contribution in [3.8, 4) is 23.5 Å². The van der Waals surface area contributed by atoms with Gasteiger partial charge in [0, 0.05) is 31.6 Å². The number of nitrogens with two attached hydrogens (primary N) is 1. The zero-order chi connectivity index (χ0) is 25.5. The lowest BCUT2D eigenvalue weighted by Crippen LogP contribution is -2.43. The zero-order valence-corrected chi connectivity index (χ0v) is 20.0. The van der Waals surface area contributed by atoms with Crippen LogP contribution < -0.4 is 11.1 Å². The van der Waals surface area contributed by atoms with Crippen LogP contribution in [0.15, 0.2) is 58.2 Å². The van der Waals surface area contributed by atoms with Gasteiger partial charge in [-0.15, -0.1) is 0 Å². The highest BCUT2D eigenvalue weighted by atomic mass is 32.2. The van der Waals surface area contributed by atoms with Crippen molar-refractivity contribution in [2.75, 3.05) is 29.9 Å². The summed E-state index contributed by atoms with van der Waals surface area (Å²) in [4.78, 5) is 30.8. The molecule has 11 heteroatoms. The number of para-hydroxylation sites is 1. The van der Waals surface area contributed by atoms with Gasteiger partial charge in [0.15, 0.2) is 0 Å². The number of amides is 2. The van der Waals surface area contributed by atoms with Crippen LogP contribution in [0.25, 0.3) is 11.3 Å². The van der Waals surface area contributed by atoms with Crippen LogP contribution in [-0.2, 0) is 9.53 Å². The molecule has 4 rings (SSSR count). The van der Waals surface area contributed by atoms with E-state index < -0.39 is 5.97 Å². The molecule has 10 nitrogen and oxygen atoms in total. The molecule has 0 aliphatic carbocycles. The summed E-state index contributed by atoms with van der Waals surface area (Å²) in [6.07, 6.45) is 2.15. The number of carbonyl (C=O) groups excluding carboxylic acids is 2. The fraction of sp³-hybridized carbons (Fsp3) is 0.240. The number of esters is 1. The zero-order valence-electron chi connectivity index (χ0n) is 19.1. The number of nitrogens with zero attached hydrogens (tertiary/aromatic N) is 4. The molecule has 1 aliphatic heterocycles. The number of nitrogen functional groups attached to an aromatic ring is 1. The number of rotatable bonds is 6. The highest BCUT2D eigenvalue weighted by molar-refractivity contribution is 7.99. The average Bonchev–Trinajstić information content (AvgIpc) is 3.42. The van der Waals surface area contributed by atoms with E-state index >= 15 is 0 Å². The second-order valence-electron chi connectivity index (χ2n) is 7.89. The van der Waals surface area contributed by atoms with Gasteiger partial charge in [0.05, 0.1) is 23.1 Å². The van der Waals surface area contributed by atoms with Crippen molar-refractivity contribution in [3.63, 3.8) is 0 Å². The van der Waals surface area contributed by atoms with Gasteiger partial charge in [0.25, 0.3) is 0 Å². The van der Waals surface area contributed by atoms with Gasteiger partial charge in [-0.1, -0.05) is 30.0 Å². The number of piperidine rings is 1. The van der Waals surface area contributed by atoms with Gasteiger partial charge < -0.3 is 25.1 Å². The lowest BCUT2D eigenvalue weighted by atomic mass is 10.0. The highest BCUT2D eigenvalue weighted by Gasteiger charge is 2.26. The van der Waals surface area contributed by atoms with Crippen molar-refractivity contribution in [2.24, 2.45) is 0 Å². The molecule has 1 aromatic carbocycles. The summed E-state index contributed by atoms with van der Waals surface area (Å²) in [7, 11) is 0. The number of urea groups is 1. The molecule has 1 fully saturated rings. The van der Waals surface area contributed by atoms with Crippen LogP contribution in [0.4, 0.5) is 16.3 Å². The maximum atomic E-state index is 12.5. The Morgan fingerprint density at radius 2 is 1.86 bits per heavy atom. The van der Waals surface area contributed by atoms with E-state index in [2.05, 4.69) is 10.3 Å². The van der Waals surface area contributed by atoms with Crippen molar-refractivity contribution < 1.29 is 18.7 Å². The van der Waals surface area contributed by atoms with E-state index in [4.69, 9.17) is 14.9 Å². The average molecular weight is 503 g/mol. The SMILES string of the molecule is N#Cc1c(N)nc(SCC(=O)OC2CCN(C(=O)Nc3ccccc3)CC2)c(C#N)c1-c1ccco1. The number of nitrogens with one attached hydrogen (secondary N) is 1. The third-order valence-corrected chi connectivity index (χ3v) is 6.51. The van der Waals surface area contributed by atoms with Crippen molar-refractivity contribution >= 4 is 35.3 Å². The van der Waals surface area contributed by atoms with Gasteiger partial charge >= 0.3 is 12.0 Å². The van der Waals surface area contributed by atoms with Crippen molar-refractivity contribution in [1.82, 2.24) is 9.88 Å². The summed E-state index contributed by atoms with van der Waals surface area (Å²) < 4.78 is 11.0. The number of benzene rings is 1. The molecule has 36 heavy (non-hydrogen) atoms. The largest absolute Gasteiger partial charge is 0.464 e. The van der Waals surface area contributed by atoms with Crippen LogP contribution in [0.5, 0.6) is 0 Å². The number of ether oxygens (including phenoxy) is 1. The standard InChI is InChI=1S/C25H22N6O4S/c26-13-18-22(20-7-4-12-34-20)19(14-27)24(30-23(18)28)36-15-21(32)35-17-8-10-31(11-9-17)25(33)29-16-5-2-1-3-6-16/h1-7,12,17H,8-11,15H2,(H2,28,30)(H,29,33). The lowest BCUT2D eigenvalue weighted by molar-refractivity contribution is -0.147. The molecule has 2 amide bonds. The van der Waals surface area contributed by atoms with Gasteiger partial charge in [0.1, 0.15) is 40.4 Å². The summed E-state index contributed by atoms with van der Waals surface area (Å²) in [6, 6.07) is 16.3. The maximum Gasteiger partial charge on any atom is 0.321 e. The van der Waals surface area contributed by atoms with Crippen molar-refractivity contribution in [2.45, 2.75) is 24.0 Å². The predicted octanol–water partition coefficient (Wildman–Crippen LogP) is 4.00. The molecule has 3 heterocycles. The minimum absolute atomic E-state index is 0.0384. The van der Waals surface area contributed by atoms with Crippen LogP contribution in [0.3, 0.4) is 0 Å². The Bertz CT molecular complexity index is 1320. The molecule has 3 N–H and O–H groups in total. The number of nitriles is 2. The van der Waals surface area contributed by atoms with E-state index in [9.17, 15) is 20.1 Å². The first kappa shape index (κ1) is 24.6. The number of carbonyl (C=O) groups is 2. The maximum absolute atomic E-state index is 12.5. The number of furan rings is 1. The summed E-state index contributed by atoms with van der Waals surface area (Å²) in [6.45, 7) is 0.922. The van der Waals surface area contributed by atoms with Crippen LogP contribution in [0, 0.1) is 22.7 Å². The number of thioether (sulfide) groups is 1. The van der Waals surface area contributed by atoms with Crippen molar-refractivity contribution in [3.05, 3.63) is 59.9 Å². The normalized spacial score (nSPS) is 13.4. The molecule has 0 bridgehead atoms. The molecule has 0 radical (unpaired) electrons. The summed E-state index contributed by atoms with van der Waals surface area (Å²) in [5, 5.41) is 22.3. The molecule has 1 aliphatic rings. The molecule has 0 spiro atoms. The van der Waals surface area contributed by atoms with Crippen LogP contribution in [-0.4, -0.2) is 46.8 Å². The predicted molar refractivity (Wildman–Crippen MR) is 133 cm³/mol. The number of aromatic nitrogens is 1. The van der Waals surface area contributed by atoms with E-state index in [0.717, 1.165) is 17.4 Å². The fourth-order valence-corrected chi connectivity index (χ4v) is 4.60. The first-order chi connectivity index (χ1) is 17.5. The summed E-state index contributed by atoms with van der Waals surface area (Å²) >= 11 is 1.01. The Hall–Kier alpha value is -4.48. The topological polar surface area (TPSA) is 158 Å². The van der Waals surface area contributed by atoms with E-state index in [-0.39, 0.29) is 45.4 Å². The molecular weight excluding hydrogens is 480 g/mol. The van der Waals surface area contributed by atoms with Gasteiger partial charge in [-0.2, -0.15) is 10.5 Å². The molecule has 3 aromatic rings. The van der Waals surface area contributed by atoms with Crippen LogP contribution in [0.1, 0.15) is 24.0 Å². The third kappa shape index (κ3) is 5.59. The number of hydrogen-bond donors (Lipinski definition) is 2. The minimum Gasteiger partial charge on any atom is -0.464 e. The van der Waals surface area contributed by atoms with E-state index in [1.54, 1.807) is 17.0 Å². The molecule has 1 saturated heterocycles. The monoisotopic (exact) mass is 502 g/mol.